The number of rotatable bonds is 3. The maximum absolute atomic E-state index is 14.0. The molecule has 5 nitrogen and oxygen atoms in total. The Morgan fingerprint density at radius 2 is 1.96 bits per heavy atom. The van der Waals surface area contributed by atoms with E-state index in [1.54, 1.807) is 17.0 Å². The van der Waals surface area contributed by atoms with Crippen LogP contribution in [0.5, 0.6) is 0 Å². The molecule has 1 aliphatic rings. The molecule has 26 heavy (non-hydrogen) atoms. The molecular weight excluding hydrogens is 333 g/mol. The van der Waals surface area contributed by atoms with E-state index in [0.717, 1.165) is 24.0 Å². The Balaban J connectivity index is 1.60. The molecule has 1 aromatic heterocycles. The lowest BCUT2D eigenvalue weighted by molar-refractivity contribution is 0.0705. The molecule has 1 aliphatic heterocycles. The summed E-state index contributed by atoms with van der Waals surface area (Å²) in [6.45, 7) is 2.55. The third kappa shape index (κ3) is 2.98. The Bertz CT molecular complexity index is 936. The van der Waals surface area contributed by atoms with Crippen LogP contribution in [-0.4, -0.2) is 27.5 Å². The number of likely N-dealkylation sites (tertiary alicyclic amines) is 1. The molecular formula is C20H18FN3O2. The summed E-state index contributed by atoms with van der Waals surface area (Å²) in [5.41, 5.74) is 2.07. The number of hydrogen-bond acceptors (Lipinski definition) is 4. The van der Waals surface area contributed by atoms with E-state index in [1.165, 1.54) is 12.1 Å². The SMILES string of the molecule is Cc1ccc(-c2noc([C@@H]3CCCN3C(=O)c3ccccc3F)n2)cc1. The van der Waals surface area contributed by atoms with Crippen LogP contribution in [-0.2, 0) is 0 Å². The third-order valence-electron chi connectivity index (χ3n) is 4.65. The highest BCUT2D eigenvalue weighted by molar-refractivity contribution is 5.94. The highest BCUT2D eigenvalue weighted by atomic mass is 19.1. The van der Waals surface area contributed by atoms with Crippen LogP contribution in [0, 0.1) is 12.7 Å². The molecule has 0 spiro atoms. The van der Waals surface area contributed by atoms with Gasteiger partial charge in [-0.05, 0) is 31.9 Å². The van der Waals surface area contributed by atoms with Crippen molar-refractivity contribution in [3.8, 4) is 11.4 Å². The minimum Gasteiger partial charge on any atom is -0.337 e. The van der Waals surface area contributed by atoms with Gasteiger partial charge in [0.1, 0.15) is 11.9 Å². The van der Waals surface area contributed by atoms with Gasteiger partial charge in [0.2, 0.25) is 11.7 Å². The van der Waals surface area contributed by atoms with Crippen LogP contribution in [0.3, 0.4) is 0 Å². The molecule has 1 atom stereocenters. The average molecular weight is 351 g/mol. The fourth-order valence-corrected chi connectivity index (χ4v) is 3.25. The Labute approximate surface area is 150 Å². The molecule has 0 saturated carbocycles. The zero-order valence-electron chi connectivity index (χ0n) is 14.4. The number of carbonyl (C=O) groups excluding carboxylic acids is 1. The number of nitrogens with zero attached hydrogens (tertiary/aromatic N) is 3. The summed E-state index contributed by atoms with van der Waals surface area (Å²) in [5.74, 6) is 0.0164. The number of benzene rings is 2. The first kappa shape index (κ1) is 16.4. The molecule has 1 amide bonds. The minimum absolute atomic E-state index is 0.0673. The third-order valence-corrected chi connectivity index (χ3v) is 4.65. The Hall–Kier alpha value is -3.02. The zero-order chi connectivity index (χ0) is 18.1. The Kier molecular flexibility index (Phi) is 4.24. The predicted octanol–water partition coefficient (Wildman–Crippen LogP) is 4.16. The smallest absolute Gasteiger partial charge is 0.257 e. The van der Waals surface area contributed by atoms with Gasteiger partial charge in [-0.1, -0.05) is 47.1 Å². The van der Waals surface area contributed by atoms with Gasteiger partial charge in [0.25, 0.3) is 5.91 Å². The monoisotopic (exact) mass is 351 g/mol. The maximum Gasteiger partial charge on any atom is 0.257 e. The summed E-state index contributed by atoms with van der Waals surface area (Å²) in [4.78, 5) is 18.9. The summed E-state index contributed by atoms with van der Waals surface area (Å²) in [7, 11) is 0. The number of amides is 1. The predicted molar refractivity (Wildman–Crippen MR) is 93.9 cm³/mol. The summed E-state index contributed by atoms with van der Waals surface area (Å²) in [6, 6.07) is 13.5. The van der Waals surface area contributed by atoms with Gasteiger partial charge in [-0.3, -0.25) is 4.79 Å². The van der Waals surface area contributed by atoms with Crippen LogP contribution in [0.4, 0.5) is 4.39 Å². The van der Waals surface area contributed by atoms with Crippen molar-refractivity contribution in [2.24, 2.45) is 0 Å². The van der Waals surface area contributed by atoms with E-state index < -0.39 is 5.82 Å². The van der Waals surface area contributed by atoms with Gasteiger partial charge in [0.15, 0.2) is 0 Å². The van der Waals surface area contributed by atoms with Crippen LogP contribution in [0.25, 0.3) is 11.4 Å². The van der Waals surface area contributed by atoms with E-state index in [4.69, 9.17) is 4.52 Å². The molecule has 0 unspecified atom stereocenters. The van der Waals surface area contributed by atoms with Crippen molar-refractivity contribution in [1.29, 1.82) is 0 Å². The molecule has 2 aromatic carbocycles. The molecule has 0 radical (unpaired) electrons. The van der Waals surface area contributed by atoms with Crippen molar-refractivity contribution in [2.75, 3.05) is 6.54 Å². The van der Waals surface area contributed by atoms with E-state index in [9.17, 15) is 9.18 Å². The number of aryl methyl sites for hydroxylation is 1. The summed E-state index contributed by atoms with van der Waals surface area (Å²) in [6.07, 6.45) is 1.53. The zero-order valence-corrected chi connectivity index (χ0v) is 14.4. The summed E-state index contributed by atoms with van der Waals surface area (Å²) < 4.78 is 19.4. The molecule has 1 saturated heterocycles. The highest BCUT2D eigenvalue weighted by Crippen LogP contribution is 2.33. The fraction of sp³-hybridized carbons (Fsp3) is 0.250. The molecule has 3 aromatic rings. The van der Waals surface area contributed by atoms with Crippen molar-refractivity contribution >= 4 is 5.91 Å². The summed E-state index contributed by atoms with van der Waals surface area (Å²) in [5, 5.41) is 4.05. The topological polar surface area (TPSA) is 59.2 Å². The molecule has 2 heterocycles. The largest absolute Gasteiger partial charge is 0.337 e. The first-order valence-electron chi connectivity index (χ1n) is 8.59. The normalized spacial score (nSPS) is 16.8. The fourth-order valence-electron chi connectivity index (χ4n) is 3.25. The van der Waals surface area contributed by atoms with E-state index in [1.807, 2.05) is 31.2 Å². The minimum atomic E-state index is -0.519. The molecule has 0 aliphatic carbocycles. The van der Waals surface area contributed by atoms with Gasteiger partial charge >= 0.3 is 0 Å². The number of aromatic nitrogens is 2. The first-order chi connectivity index (χ1) is 12.6. The van der Waals surface area contributed by atoms with Crippen LogP contribution in [0.15, 0.2) is 53.1 Å². The van der Waals surface area contributed by atoms with E-state index in [2.05, 4.69) is 10.1 Å². The van der Waals surface area contributed by atoms with Gasteiger partial charge in [0.05, 0.1) is 5.56 Å². The van der Waals surface area contributed by atoms with Crippen molar-refractivity contribution in [2.45, 2.75) is 25.8 Å². The lowest BCUT2D eigenvalue weighted by Gasteiger charge is -2.22. The highest BCUT2D eigenvalue weighted by Gasteiger charge is 2.35. The molecule has 6 heteroatoms. The van der Waals surface area contributed by atoms with Crippen molar-refractivity contribution in [1.82, 2.24) is 15.0 Å². The molecule has 132 valence electrons. The van der Waals surface area contributed by atoms with Gasteiger partial charge in [-0.15, -0.1) is 0 Å². The van der Waals surface area contributed by atoms with Crippen molar-refractivity contribution in [3.05, 3.63) is 71.4 Å². The molecule has 4 rings (SSSR count). The number of hydrogen-bond donors (Lipinski definition) is 0. The number of halogens is 1. The van der Waals surface area contributed by atoms with Gasteiger partial charge < -0.3 is 9.42 Å². The second-order valence-electron chi connectivity index (χ2n) is 6.46. The Morgan fingerprint density at radius 3 is 2.73 bits per heavy atom. The number of carbonyl (C=O) groups is 1. The maximum atomic E-state index is 14.0. The molecule has 1 fully saturated rings. The standard InChI is InChI=1S/C20H18FN3O2/c1-13-8-10-14(11-9-13)18-22-19(26-23-18)17-7-4-12-24(17)20(25)15-5-2-3-6-16(15)21/h2-3,5-6,8-11,17H,4,7,12H2,1H3/t17-/m0/s1. The second-order valence-corrected chi connectivity index (χ2v) is 6.46. The van der Waals surface area contributed by atoms with Gasteiger partial charge in [-0.25, -0.2) is 4.39 Å². The van der Waals surface area contributed by atoms with Crippen LogP contribution >= 0.6 is 0 Å². The average Bonchev–Trinajstić information content (AvgIpc) is 3.31. The van der Waals surface area contributed by atoms with Crippen LogP contribution in [0.1, 0.15) is 40.7 Å². The van der Waals surface area contributed by atoms with Crippen molar-refractivity contribution < 1.29 is 13.7 Å². The van der Waals surface area contributed by atoms with E-state index in [-0.39, 0.29) is 17.5 Å². The molecule has 0 N–H and O–H groups in total. The van der Waals surface area contributed by atoms with Gasteiger partial charge in [0, 0.05) is 12.1 Å². The van der Waals surface area contributed by atoms with Crippen LogP contribution in [0.2, 0.25) is 0 Å². The lowest BCUT2D eigenvalue weighted by atomic mass is 10.1. The second kappa shape index (κ2) is 6.71. The van der Waals surface area contributed by atoms with E-state index in [0.29, 0.717) is 18.3 Å². The van der Waals surface area contributed by atoms with E-state index >= 15 is 0 Å². The summed E-state index contributed by atoms with van der Waals surface area (Å²) >= 11 is 0. The van der Waals surface area contributed by atoms with Crippen LogP contribution < -0.4 is 0 Å². The lowest BCUT2D eigenvalue weighted by Crippen LogP contribution is -2.31. The quantitative estimate of drug-likeness (QED) is 0.711. The first-order valence-corrected chi connectivity index (χ1v) is 8.59. The molecule has 0 bridgehead atoms. The van der Waals surface area contributed by atoms with Crippen molar-refractivity contribution in [3.63, 3.8) is 0 Å². The van der Waals surface area contributed by atoms with Gasteiger partial charge in [-0.2, -0.15) is 4.98 Å². The Morgan fingerprint density at radius 1 is 1.19 bits per heavy atom.